The Morgan fingerprint density at radius 1 is 1.22 bits per heavy atom. The van der Waals surface area contributed by atoms with E-state index in [-0.39, 0.29) is 18.6 Å². The lowest BCUT2D eigenvalue weighted by molar-refractivity contribution is -0.124. The van der Waals surface area contributed by atoms with Crippen LogP contribution in [0.3, 0.4) is 0 Å². The van der Waals surface area contributed by atoms with Crippen LogP contribution in [0.1, 0.15) is 30.1 Å². The fourth-order valence-electron chi connectivity index (χ4n) is 3.09. The predicted molar refractivity (Wildman–Crippen MR) is 100 cm³/mol. The van der Waals surface area contributed by atoms with Crippen molar-refractivity contribution in [2.24, 2.45) is 5.92 Å². The van der Waals surface area contributed by atoms with Gasteiger partial charge in [-0.15, -0.1) is 0 Å². The Kier molecular flexibility index (Phi) is 4.62. The molecule has 1 unspecified atom stereocenters. The third-order valence-electron chi connectivity index (χ3n) is 4.80. The minimum absolute atomic E-state index is 0.123. The number of ether oxygens (including phenoxy) is 1. The van der Waals surface area contributed by atoms with Crippen LogP contribution in [0.5, 0.6) is 0 Å². The maximum atomic E-state index is 12.3. The lowest BCUT2D eigenvalue weighted by Crippen LogP contribution is -2.37. The number of amides is 1. The molecular weight excluding hydrogens is 344 g/mol. The van der Waals surface area contributed by atoms with Gasteiger partial charge >= 0.3 is 5.97 Å². The fraction of sp³-hybridized carbons (Fsp3) is 0.286. The summed E-state index contributed by atoms with van der Waals surface area (Å²) in [5.74, 6) is 0.318. The Morgan fingerprint density at radius 3 is 2.74 bits per heavy atom. The van der Waals surface area contributed by atoms with E-state index in [1.807, 2.05) is 37.3 Å². The van der Waals surface area contributed by atoms with Crippen LogP contribution in [0.25, 0.3) is 22.2 Å². The van der Waals surface area contributed by atoms with Crippen molar-refractivity contribution in [2.75, 3.05) is 6.61 Å². The van der Waals surface area contributed by atoms with Gasteiger partial charge in [0.15, 0.2) is 12.4 Å². The summed E-state index contributed by atoms with van der Waals surface area (Å²) in [6, 6.07) is 14.7. The molecule has 6 heteroatoms. The third-order valence-corrected chi connectivity index (χ3v) is 4.80. The zero-order valence-corrected chi connectivity index (χ0v) is 15.0. The first-order valence-electron chi connectivity index (χ1n) is 9.03. The van der Waals surface area contributed by atoms with Gasteiger partial charge in [0, 0.05) is 11.6 Å². The monoisotopic (exact) mass is 364 g/mol. The van der Waals surface area contributed by atoms with Crippen LogP contribution in [0.2, 0.25) is 0 Å². The van der Waals surface area contributed by atoms with Crippen LogP contribution in [0, 0.1) is 5.92 Å². The number of carbonyl (C=O) groups is 2. The topological polar surface area (TPSA) is 81.4 Å². The zero-order chi connectivity index (χ0) is 18.8. The van der Waals surface area contributed by atoms with Gasteiger partial charge in [-0.3, -0.25) is 4.79 Å². The van der Waals surface area contributed by atoms with Crippen molar-refractivity contribution in [3.05, 3.63) is 54.1 Å². The lowest BCUT2D eigenvalue weighted by atomic mass is 10.1. The Labute approximate surface area is 156 Å². The standard InChI is InChI=1S/C21H20N2O4/c1-13(14-7-8-14)22-19(24)12-26-21(25)16-9-10-18-17(11-16)20(27-23-18)15-5-3-2-4-6-15/h2-6,9-11,13-14H,7-8,12H2,1H3,(H,22,24). The molecule has 1 atom stereocenters. The summed E-state index contributed by atoms with van der Waals surface area (Å²) >= 11 is 0. The molecule has 0 spiro atoms. The molecule has 0 bridgehead atoms. The molecule has 1 fully saturated rings. The zero-order valence-electron chi connectivity index (χ0n) is 15.0. The van der Waals surface area contributed by atoms with Crippen molar-refractivity contribution in [1.82, 2.24) is 10.5 Å². The molecule has 1 N–H and O–H groups in total. The van der Waals surface area contributed by atoms with Crippen LogP contribution >= 0.6 is 0 Å². The summed E-state index contributed by atoms with van der Waals surface area (Å²) in [6.07, 6.45) is 2.29. The summed E-state index contributed by atoms with van der Waals surface area (Å²) in [5.41, 5.74) is 1.88. The SMILES string of the molecule is CC(NC(=O)COC(=O)c1ccc2noc(-c3ccccc3)c2c1)C1CC1. The van der Waals surface area contributed by atoms with E-state index in [0.29, 0.717) is 22.8 Å². The Bertz CT molecular complexity index is 976. The van der Waals surface area contributed by atoms with Gasteiger partial charge in [0.2, 0.25) is 0 Å². The summed E-state index contributed by atoms with van der Waals surface area (Å²) in [5, 5.41) is 7.62. The van der Waals surface area contributed by atoms with E-state index in [0.717, 1.165) is 23.8 Å². The van der Waals surface area contributed by atoms with E-state index in [9.17, 15) is 9.59 Å². The van der Waals surface area contributed by atoms with Crippen molar-refractivity contribution in [3.8, 4) is 11.3 Å². The third kappa shape index (κ3) is 3.84. The summed E-state index contributed by atoms with van der Waals surface area (Å²) < 4.78 is 10.6. The molecule has 0 saturated heterocycles. The maximum absolute atomic E-state index is 12.3. The lowest BCUT2D eigenvalue weighted by Gasteiger charge is -2.12. The number of rotatable bonds is 6. The second kappa shape index (κ2) is 7.23. The first kappa shape index (κ1) is 17.3. The molecule has 0 aliphatic heterocycles. The number of hydrogen-bond acceptors (Lipinski definition) is 5. The highest BCUT2D eigenvalue weighted by Gasteiger charge is 2.29. The van der Waals surface area contributed by atoms with E-state index in [4.69, 9.17) is 9.26 Å². The fourth-order valence-corrected chi connectivity index (χ4v) is 3.09. The second-order valence-electron chi connectivity index (χ2n) is 6.88. The number of nitrogens with one attached hydrogen (secondary N) is 1. The van der Waals surface area contributed by atoms with Crippen molar-refractivity contribution in [2.45, 2.75) is 25.8 Å². The van der Waals surface area contributed by atoms with Gasteiger partial charge in [-0.25, -0.2) is 4.79 Å². The molecule has 2 aromatic carbocycles. The number of aromatic nitrogens is 1. The van der Waals surface area contributed by atoms with E-state index < -0.39 is 5.97 Å². The molecular formula is C21H20N2O4. The van der Waals surface area contributed by atoms with Gasteiger partial charge in [-0.1, -0.05) is 35.5 Å². The normalized spacial score (nSPS) is 14.7. The van der Waals surface area contributed by atoms with E-state index in [2.05, 4.69) is 10.5 Å². The second-order valence-corrected chi connectivity index (χ2v) is 6.88. The molecule has 138 valence electrons. The summed E-state index contributed by atoms with van der Waals surface area (Å²) in [4.78, 5) is 24.3. The van der Waals surface area contributed by atoms with Gasteiger partial charge in [0.1, 0.15) is 5.52 Å². The minimum atomic E-state index is -0.550. The van der Waals surface area contributed by atoms with Gasteiger partial charge in [0.25, 0.3) is 5.91 Å². The highest BCUT2D eigenvalue weighted by atomic mass is 16.5. The quantitative estimate of drug-likeness (QED) is 0.676. The molecule has 1 aliphatic carbocycles. The maximum Gasteiger partial charge on any atom is 0.338 e. The predicted octanol–water partition coefficient (Wildman–Crippen LogP) is 3.57. The van der Waals surface area contributed by atoms with Crippen molar-refractivity contribution >= 4 is 22.8 Å². The number of nitrogens with zero attached hydrogens (tertiary/aromatic N) is 1. The van der Waals surface area contributed by atoms with Gasteiger partial charge in [-0.05, 0) is 43.9 Å². The van der Waals surface area contributed by atoms with Gasteiger partial charge < -0.3 is 14.6 Å². The van der Waals surface area contributed by atoms with Crippen LogP contribution in [-0.4, -0.2) is 29.7 Å². The smallest absolute Gasteiger partial charge is 0.338 e. The van der Waals surface area contributed by atoms with Gasteiger partial charge in [-0.2, -0.15) is 0 Å². The first-order chi connectivity index (χ1) is 13.1. The molecule has 3 aromatic rings. The van der Waals surface area contributed by atoms with E-state index in [1.165, 1.54) is 0 Å². The average molecular weight is 364 g/mol. The molecule has 1 amide bonds. The molecule has 1 aromatic heterocycles. The van der Waals surface area contributed by atoms with E-state index in [1.54, 1.807) is 18.2 Å². The highest BCUT2D eigenvalue weighted by Crippen LogP contribution is 2.32. The highest BCUT2D eigenvalue weighted by molar-refractivity contribution is 5.99. The molecule has 6 nitrogen and oxygen atoms in total. The van der Waals surface area contributed by atoms with Crippen molar-refractivity contribution < 1.29 is 18.8 Å². The van der Waals surface area contributed by atoms with Crippen molar-refractivity contribution in [1.29, 1.82) is 0 Å². The van der Waals surface area contributed by atoms with Crippen LogP contribution in [0.4, 0.5) is 0 Å². The molecule has 1 aliphatic rings. The number of benzene rings is 2. The van der Waals surface area contributed by atoms with Crippen LogP contribution in [-0.2, 0) is 9.53 Å². The molecule has 1 saturated carbocycles. The number of esters is 1. The Morgan fingerprint density at radius 2 is 2.00 bits per heavy atom. The number of hydrogen-bond donors (Lipinski definition) is 1. The minimum Gasteiger partial charge on any atom is -0.452 e. The molecule has 0 radical (unpaired) electrons. The largest absolute Gasteiger partial charge is 0.452 e. The van der Waals surface area contributed by atoms with Crippen molar-refractivity contribution in [3.63, 3.8) is 0 Å². The summed E-state index contributed by atoms with van der Waals surface area (Å²) in [7, 11) is 0. The summed E-state index contributed by atoms with van der Waals surface area (Å²) in [6.45, 7) is 1.69. The number of fused-ring (bicyclic) bond motifs is 1. The van der Waals surface area contributed by atoms with Gasteiger partial charge in [0.05, 0.1) is 10.9 Å². The number of carbonyl (C=O) groups excluding carboxylic acids is 2. The average Bonchev–Trinajstić information content (AvgIpc) is 3.46. The van der Waals surface area contributed by atoms with Crippen LogP contribution < -0.4 is 5.32 Å². The van der Waals surface area contributed by atoms with E-state index >= 15 is 0 Å². The molecule has 27 heavy (non-hydrogen) atoms. The Hall–Kier alpha value is -3.15. The van der Waals surface area contributed by atoms with Crippen LogP contribution in [0.15, 0.2) is 53.1 Å². The Balaban J connectivity index is 1.46. The molecule has 4 rings (SSSR count). The first-order valence-corrected chi connectivity index (χ1v) is 9.03. The molecule has 1 heterocycles.